The van der Waals surface area contributed by atoms with Gasteiger partial charge in [-0.25, -0.2) is 4.98 Å². The lowest BCUT2D eigenvalue weighted by molar-refractivity contribution is 0.337. The predicted molar refractivity (Wildman–Crippen MR) is 70.7 cm³/mol. The number of aromatic nitrogens is 3. The summed E-state index contributed by atoms with van der Waals surface area (Å²) >= 11 is 1.63. The molecule has 2 rings (SSSR count). The number of rotatable bonds is 6. The van der Waals surface area contributed by atoms with Crippen LogP contribution in [0, 0.1) is 6.92 Å². The average molecular weight is 266 g/mol. The minimum absolute atomic E-state index is 0.101. The third-order valence-electron chi connectivity index (χ3n) is 2.53. The van der Waals surface area contributed by atoms with Crippen molar-refractivity contribution in [3.05, 3.63) is 27.8 Å². The molecule has 0 aliphatic heterocycles. The van der Waals surface area contributed by atoms with Crippen LogP contribution in [-0.2, 0) is 6.42 Å². The Morgan fingerprint density at radius 2 is 2.28 bits per heavy atom. The summed E-state index contributed by atoms with van der Waals surface area (Å²) in [5, 5.41) is 10.4. The van der Waals surface area contributed by atoms with E-state index in [1.807, 2.05) is 19.2 Å². The Hall–Kier alpha value is -1.27. The molecule has 0 fully saturated rings. The van der Waals surface area contributed by atoms with Crippen molar-refractivity contribution in [2.75, 3.05) is 6.54 Å². The Morgan fingerprint density at radius 3 is 2.94 bits per heavy atom. The molecule has 1 N–H and O–H groups in total. The molecule has 0 saturated carbocycles. The van der Waals surface area contributed by atoms with Crippen LogP contribution in [0.3, 0.4) is 0 Å². The Kier molecular flexibility index (Phi) is 4.43. The predicted octanol–water partition coefficient (Wildman–Crippen LogP) is 2.49. The third kappa shape index (κ3) is 3.36. The highest BCUT2D eigenvalue weighted by molar-refractivity contribution is 7.09. The molecule has 0 amide bonds. The molecule has 6 heteroatoms. The maximum atomic E-state index is 5.26. The second-order valence-electron chi connectivity index (χ2n) is 4.28. The van der Waals surface area contributed by atoms with Gasteiger partial charge in [0.05, 0.1) is 12.5 Å². The van der Waals surface area contributed by atoms with Gasteiger partial charge in [0.1, 0.15) is 5.01 Å². The molecule has 1 unspecified atom stereocenters. The van der Waals surface area contributed by atoms with E-state index >= 15 is 0 Å². The molecular formula is C12H18N4OS. The van der Waals surface area contributed by atoms with Gasteiger partial charge in [-0.3, -0.25) is 0 Å². The first-order valence-electron chi connectivity index (χ1n) is 6.16. The van der Waals surface area contributed by atoms with Crippen molar-refractivity contribution in [1.29, 1.82) is 0 Å². The highest BCUT2D eigenvalue weighted by Gasteiger charge is 2.14. The van der Waals surface area contributed by atoms with E-state index in [0.29, 0.717) is 18.1 Å². The van der Waals surface area contributed by atoms with Crippen molar-refractivity contribution in [2.45, 2.75) is 39.7 Å². The highest BCUT2D eigenvalue weighted by atomic mass is 32.1. The van der Waals surface area contributed by atoms with Crippen LogP contribution in [0.1, 0.15) is 48.7 Å². The standard InChI is InChI=1S/C12H18N4OS/c1-4-5-13-9(3)12-15-10(16-17-12)6-11-14-8(2)7-18-11/h7,9,13H,4-6H2,1-3H3. The Morgan fingerprint density at radius 1 is 1.44 bits per heavy atom. The smallest absolute Gasteiger partial charge is 0.243 e. The number of hydrogen-bond donors (Lipinski definition) is 1. The quantitative estimate of drug-likeness (QED) is 0.870. The lowest BCUT2D eigenvalue weighted by Crippen LogP contribution is -2.19. The molecular weight excluding hydrogens is 248 g/mol. The van der Waals surface area contributed by atoms with Crippen molar-refractivity contribution in [3.8, 4) is 0 Å². The van der Waals surface area contributed by atoms with Crippen LogP contribution in [0.5, 0.6) is 0 Å². The van der Waals surface area contributed by atoms with Crippen molar-refractivity contribution in [3.63, 3.8) is 0 Å². The Bertz CT molecular complexity index is 494. The van der Waals surface area contributed by atoms with E-state index in [0.717, 1.165) is 23.7 Å². The van der Waals surface area contributed by atoms with Gasteiger partial charge in [-0.05, 0) is 26.8 Å². The number of aryl methyl sites for hydroxylation is 1. The zero-order valence-corrected chi connectivity index (χ0v) is 11.8. The molecule has 2 heterocycles. The summed E-state index contributed by atoms with van der Waals surface area (Å²) in [6.45, 7) is 7.09. The van der Waals surface area contributed by atoms with E-state index in [-0.39, 0.29) is 6.04 Å². The van der Waals surface area contributed by atoms with Gasteiger partial charge in [0.25, 0.3) is 0 Å². The maximum absolute atomic E-state index is 5.26. The van der Waals surface area contributed by atoms with E-state index in [1.165, 1.54) is 0 Å². The van der Waals surface area contributed by atoms with Crippen LogP contribution in [0.25, 0.3) is 0 Å². The van der Waals surface area contributed by atoms with E-state index in [9.17, 15) is 0 Å². The lowest BCUT2D eigenvalue weighted by Gasteiger charge is -2.06. The molecule has 2 aromatic rings. The minimum atomic E-state index is 0.101. The topological polar surface area (TPSA) is 63.8 Å². The fourth-order valence-electron chi connectivity index (χ4n) is 1.58. The summed E-state index contributed by atoms with van der Waals surface area (Å²) in [6, 6.07) is 0.101. The average Bonchev–Trinajstić information content (AvgIpc) is 2.96. The summed E-state index contributed by atoms with van der Waals surface area (Å²) < 4.78 is 5.26. The summed E-state index contributed by atoms with van der Waals surface area (Å²) in [5.74, 6) is 1.34. The third-order valence-corrected chi connectivity index (χ3v) is 3.50. The SMILES string of the molecule is CCCNC(C)c1nc(Cc2nc(C)cs2)no1. The first-order chi connectivity index (χ1) is 8.69. The first kappa shape index (κ1) is 13.2. The van der Waals surface area contributed by atoms with Crippen molar-refractivity contribution >= 4 is 11.3 Å². The van der Waals surface area contributed by atoms with Gasteiger partial charge in [0.2, 0.25) is 5.89 Å². The van der Waals surface area contributed by atoms with Gasteiger partial charge in [-0.15, -0.1) is 11.3 Å². The summed E-state index contributed by atoms with van der Waals surface area (Å²) in [4.78, 5) is 8.78. The maximum Gasteiger partial charge on any atom is 0.243 e. The second kappa shape index (κ2) is 6.06. The van der Waals surface area contributed by atoms with E-state index in [1.54, 1.807) is 11.3 Å². The van der Waals surface area contributed by atoms with Crippen LogP contribution in [0.2, 0.25) is 0 Å². The monoisotopic (exact) mass is 266 g/mol. The molecule has 0 spiro atoms. The number of hydrogen-bond acceptors (Lipinski definition) is 6. The lowest BCUT2D eigenvalue weighted by atomic mass is 10.3. The van der Waals surface area contributed by atoms with Crippen LogP contribution < -0.4 is 5.32 Å². The second-order valence-corrected chi connectivity index (χ2v) is 5.23. The van der Waals surface area contributed by atoms with Gasteiger partial charge in [0, 0.05) is 11.1 Å². The van der Waals surface area contributed by atoms with Crippen LogP contribution in [-0.4, -0.2) is 21.7 Å². The van der Waals surface area contributed by atoms with Crippen molar-refractivity contribution < 1.29 is 4.52 Å². The fourth-order valence-corrected chi connectivity index (χ4v) is 2.35. The van der Waals surface area contributed by atoms with E-state index in [4.69, 9.17) is 4.52 Å². The summed E-state index contributed by atoms with van der Waals surface area (Å²) in [6.07, 6.45) is 1.73. The first-order valence-corrected chi connectivity index (χ1v) is 7.04. The highest BCUT2D eigenvalue weighted by Crippen LogP contribution is 2.15. The molecule has 0 saturated heterocycles. The molecule has 0 aliphatic rings. The zero-order valence-electron chi connectivity index (χ0n) is 10.9. The van der Waals surface area contributed by atoms with Crippen LogP contribution >= 0.6 is 11.3 Å². The van der Waals surface area contributed by atoms with Crippen molar-refractivity contribution in [2.24, 2.45) is 0 Å². The van der Waals surface area contributed by atoms with Gasteiger partial charge in [-0.2, -0.15) is 4.98 Å². The van der Waals surface area contributed by atoms with Gasteiger partial charge in [-0.1, -0.05) is 12.1 Å². The van der Waals surface area contributed by atoms with Gasteiger partial charge >= 0.3 is 0 Å². The Labute approximate surface area is 111 Å². The van der Waals surface area contributed by atoms with Crippen molar-refractivity contribution in [1.82, 2.24) is 20.4 Å². The normalized spacial score (nSPS) is 12.8. The number of nitrogens with zero attached hydrogens (tertiary/aromatic N) is 3. The Balaban J connectivity index is 1.97. The molecule has 2 aromatic heterocycles. The largest absolute Gasteiger partial charge is 0.338 e. The summed E-state index contributed by atoms with van der Waals surface area (Å²) in [7, 11) is 0. The molecule has 0 aromatic carbocycles. The van der Waals surface area contributed by atoms with E-state index in [2.05, 4.69) is 27.4 Å². The van der Waals surface area contributed by atoms with Crippen LogP contribution in [0.4, 0.5) is 0 Å². The molecule has 18 heavy (non-hydrogen) atoms. The van der Waals surface area contributed by atoms with Gasteiger partial charge < -0.3 is 9.84 Å². The molecule has 1 atom stereocenters. The molecule has 5 nitrogen and oxygen atoms in total. The number of nitrogens with one attached hydrogen (secondary N) is 1. The van der Waals surface area contributed by atoms with Crippen LogP contribution in [0.15, 0.2) is 9.90 Å². The molecule has 0 radical (unpaired) electrons. The zero-order chi connectivity index (χ0) is 13.0. The van der Waals surface area contributed by atoms with Gasteiger partial charge in [0.15, 0.2) is 5.82 Å². The molecule has 0 aliphatic carbocycles. The molecule has 98 valence electrons. The fraction of sp³-hybridized carbons (Fsp3) is 0.583. The number of thiazole rings is 1. The van der Waals surface area contributed by atoms with E-state index < -0.39 is 0 Å². The molecule has 0 bridgehead atoms. The summed E-state index contributed by atoms with van der Waals surface area (Å²) in [5.41, 5.74) is 1.04. The minimum Gasteiger partial charge on any atom is -0.338 e.